The Labute approximate surface area is 252 Å². The van der Waals surface area contributed by atoms with Gasteiger partial charge in [0, 0.05) is 18.1 Å². The van der Waals surface area contributed by atoms with Crippen molar-refractivity contribution < 1.29 is 23.8 Å². The molecule has 1 atom stereocenters. The van der Waals surface area contributed by atoms with Crippen LogP contribution in [-0.4, -0.2) is 44.6 Å². The SMILES string of the molecule is COc1ccc(CCNC(=O)[C@H](c2ccccc2)N(Cc2ccc(Cl)cc2)C(=O)Cc2ccc(OC)c(OC)c2)cc1. The molecule has 4 aromatic rings. The van der Waals surface area contributed by atoms with Gasteiger partial charge >= 0.3 is 0 Å². The van der Waals surface area contributed by atoms with E-state index in [2.05, 4.69) is 5.32 Å². The normalized spacial score (nSPS) is 11.3. The van der Waals surface area contributed by atoms with Gasteiger partial charge in [0.25, 0.3) is 0 Å². The molecule has 0 unspecified atom stereocenters. The van der Waals surface area contributed by atoms with Crippen LogP contribution >= 0.6 is 11.6 Å². The molecule has 0 fully saturated rings. The molecule has 0 aliphatic rings. The number of nitrogens with zero attached hydrogens (tertiary/aromatic N) is 1. The minimum Gasteiger partial charge on any atom is -0.497 e. The van der Waals surface area contributed by atoms with Crippen molar-refractivity contribution in [1.82, 2.24) is 10.2 Å². The molecule has 4 aromatic carbocycles. The molecule has 0 bridgehead atoms. The fourth-order valence-corrected chi connectivity index (χ4v) is 4.83. The fraction of sp³-hybridized carbons (Fsp3) is 0.235. The summed E-state index contributed by atoms with van der Waals surface area (Å²) in [6.07, 6.45) is 0.699. The first-order valence-corrected chi connectivity index (χ1v) is 14.0. The van der Waals surface area contributed by atoms with Crippen molar-refractivity contribution >= 4 is 23.4 Å². The highest BCUT2D eigenvalue weighted by atomic mass is 35.5. The molecule has 218 valence electrons. The number of hydrogen-bond donors (Lipinski definition) is 1. The van der Waals surface area contributed by atoms with Crippen molar-refractivity contribution in [3.05, 3.63) is 124 Å². The number of hydrogen-bond acceptors (Lipinski definition) is 5. The predicted molar refractivity (Wildman–Crippen MR) is 164 cm³/mol. The average Bonchev–Trinajstić information content (AvgIpc) is 3.02. The molecule has 8 heteroatoms. The minimum absolute atomic E-state index is 0.0659. The van der Waals surface area contributed by atoms with Gasteiger partial charge in [-0.1, -0.05) is 72.3 Å². The quantitative estimate of drug-likeness (QED) is 0.207. The Bertz CT molecular complexity index is 1460. The molecule has 4 rings (SSSR count). The number of amides is 2. The first-order chi connectivity index (χ1) is 20.4. The lowest BCUT2D eigenvalue weighted by Crippen LogP contribution is -2.44. The molecule has 42 heavy (non-hydrogen) atoms. The summed E-state index contributed by atoms with van der Waals surface area (Å²) >= 11 is 6.13. The van der Waals surface area contributed by atoms with Crippen LogP contribution in [-0.2, 0) is 29.0 Å². The first kappa shape index (κ1) is 30.5. The van der Waals surface area contributed by atoms with E-state index in [4.69, 9.17) is 25.8 Å². The van der Waals surface area contributed by atoms with Gasteiger partial charge in [0.1, 0.15) is 11.8 Å². The summed E-state index contributed by atoms with van der Waals surface area (Å²) in [7, 11) is 4.74. The van der Waals surface area contributed by atoms with Gasteiger partial charge in [0.2, 0.25) is 11.8 Å². The van der Waals surface area contributed by atoms with Crippen molar-refractivity contribution in [2.45, 2.75) is 25.4 Å². The van der Waals surface area contributed by atoms with Crippen LogP contribution in [0, 0.1) is 0 Å². The molecular formula is C34H35ClN2O5. The third kappa shape index (κ3) is 8.04. The Morgan fingerprint density at radius 2 is 1.40 bits per heavy atom. The smallest absolute Gasteiger partial charge is 0.247 e. The maximum absolute atomic E-state index is 14.0. The van der Waals surface area contributed by atoms with Gasteiger partial charge in [0.05, 0.1) is 27.8 Å². The van der Waals surface area contributed by atoms with E-state index in [0.717, 1.165) is 22.4 Å². The number of ether oxygens (including phenoxy) is 3. The number of carbonyl (C=O) groups is 2. The van der Waals surface area contributed by atoms with Crippen LogP contribution in [0.5, 0.6) is 17.2 Å². The molecule has 0 saturated carbocycles. The largest absolute Gasteiger partial charge is 0.497 e. The number of rotatable bonds is 13. The molecule has 0 spiro atoms. The summed E-state index contributed by atoms with van der Waals surface area (Å²) in [5.74, 6) is 1.41. The van der Waals surface area contributed by atoms with Crippen LogP contribution in [0.4, 0.5) is 0 Å². The topological polar surface area (TPSA) is 77.1 Å². The maximum atomic E-state index is 14.0. The highest BCUT2D eigenvalue weighted by Gasteiger charge is 2.31. The number of halogens is 1. The van der Waals surface area contributed by atoms with E-state index in [9.17, 15) is 9.59 Å². The van der Waals surface area contributed by atoms with Crippen LogP contribution in [0.1, 0.15) is 28.3 Å². The zero-order valence-electron chi connectivity index (χ0n) is 24.0. The fourth-order valence-electron chi connectivity index (χ4n) is 4.70. The molecule has 7 nitrogen and oxygen atoms in total. The van der Waals surface area contributed by atoms with Crippen molar-refractivity contribution in [1.29, 1.82) is 0 Å². The molecule has 1 N–H and O–H groups in total. The van der Waals surface area contributed by atoms with E-state index in [1.165, 1.54) is 0 Å². The summed E-state index contributed by atoms with van der Waals surface area (Å²) in [5, 5.41) is 3.66. The minimum atomic E-state index is -0.856. The number of nitrogens with one attached hydrogen (secondary N) is 1. The molecule has 0 aliphatic carbocycles. The van der Waals surface area contributed by atoms with E-state index >= 15 is 0 Å². The first-order valence-electron chi connectivity index (χ1n) is 13.6. The molecular weight excluding hydrogens is 552 g/mol. The van der Waals surface area contributed by atoms with Gasteiger partial charge in [0.15, 0.2) is 11.5 Å². The summed E-state index contributed by atoms with van der Waals surface area (Å²) in [6, 6.07) is 28.9. The van der Waals surface area contributed by atoms with E-state index in [0.29, 0.717) is 35.1 Å². The van der Waals surface area contributed by atoms with Gasteiger partial charge in [-0.2, -0.15) is 0 Å². The van der Waals surface area contributed by atoms with Gasteiger partial charge in [-0.3, -0.25) is 9.59 Å². The summed E-state index contributed by atoms with van der Waals surface area (Å²) in [6.45, 7) is 0.627. The molecule has 0 aromatic heterocycles. The molecule has 0 radical (unpaired) electrons. The van der Waals surface area contributed by atoms with E-state index in [-0.39, 0.29) is 24.8 Å². The van der Waals surface area contributed by atoms with Crippen LogP contribution in [0.2, 0.25) is 5.02 Å². The number of benzene rings is 4. The van der Waals surface area contributed by atoms with Crippen LogP contribution < -0.4 is 19.5 Å². The molecule has 0 saturated heterocycles. The highest BCUT2D eigenvalue weighted by Crippen LogP contribution is 2.30. The van der Waals surface area contributed by atoms with Gasteiger partial charge in [-0.25, -0.2) is 0 Å². The average molecular weight is 587 g/mol. The van der Waals surface area contributed by atoms with Crippen molar-refractivity contribution in [3.8, 4) is 17.2 Å². The maximum Gasteiger partial charge on any atom is 0.247 e. The third-order valence-electron chi connectivity index (χ3n) is 6.94. The molecule has 2 amide bonds. The molecule has 0 heterocycles. The van der Waals surface area contributed by atoms with Gasteiger partial charge in [-0.05, 0) is 65.1 Å². The zero-order chi connectivity index (χ0) is 29.9. The summed E-state index contributed by atoms with van der Waals surface area (Å²) in [4.78, 5) is 29.6. The second-order valence-corrected chi connectivity index (χ2v) is 10.2. The lowest BCUT2D eigenvalue weighted by Gasteiger charge is -2.32. The Kier molecular flexibility index (Phi) is 10.8. The van der Waals surface area contributed by atoms with E-state index < -0.39 is 6.04 Å². The van der Waals surface area contributed by atoms with Gasteiger partial charge in [-0.15, -0.1) is 0 Å². The Hall–Kier alpha value is -4.49. The van der Waals surface area contributed by atoms with Crippen molar-refractivity contribution in [2.75, 3.05) is 27.9 Å². The van der Waals surface area contributed by atoms with Gasteiger partial charge < -0.3 is 24.4 Å². The lowest BCUT2D eigenvalue weighted by atomic mass is 10.0. The number of methoxy groups -OCH3 is 3. The highest BCUT2D eigenvalue weighted by molar-refractivity contribution is 6.30. The Balaban J connectivity index is 1.62. The standard InChI is InChI=1S/C34H35ClN2O5/c1-40-29-16-11-24(12-17-29)19-20-36-34(39)33(27-7-5-4-6-8-27)37(23-25-9-14-28(35)15-10-25)32(38)22-26-13-18-30(41-2)31(21-26)42-3/h4-18,21,33H,19-20,22-23H2,1-3H3,(H,36,39)/t33-/m0/s1. The van der Waals surface area contributed by atoms with Crippen LogP contribution in [0.3, 0.4) is 0 Å². The van der Waals surface area contributed by atoms with Crippen LogP contribution in [0.25, 0.3) is 0 Å². The summed E-state index contributed by atoms with van der Waals surface area (Å²) < 4.78 is 16.0. The number of carbonyl (C=O) groups excluding carboxylic acids is 2. The van der Waals surface area contributed by atoms with Crippen molar-refractivity contribution in [3.63, 3.8) is 0 Å². The monoisotopic (exact) mass is 586 g/mol. The Morgan fingerprint density at radius 3 is 2.05 bits per heavy atom. The lowest BCUT2D eigenvalue weighted by molar-refractivity contribution is -0.141. The van der Waals surface area contributed by atoms with E-state index in [1.54, 1.807) is 50.5 Å². The second-order valence-electron chi connectivity index (χ2n) is 9.72. The second kappa shape index (κ2) is 14.9. The third-order valence-corrected chi connectivity index (χ3v) is 7.19. The summed E-state index contributed by atoms with van der Waals surface area (Å²) in [5.41, 5.74) is 3.38. The predicted octanol–water partition coefficient (Wildman–Crippen LogP) is 6.04. The zero-order valence-corrected chi connectivity index (χ0v) is 24.8. The Morgan fingerprint density at radius 1 is 0.762 bits per heavy atom. The van der Waals surface area contributed by atoms with Crippen LogP contribution in [0.15, 0.2) is 97.1 Å². The van der Waals surface area contributed by atoms with Crippen molar-refractivity contribution in [2.24, 2.45) is 0 Å². The van der Waals surface area contributed by atoms with E-state index in [1.807, 2.05) is 72.8 Å². The molecule has 0 aliphatic heterocycles.